The Kier molecular flexibility index (Phi) is 6.31. The Morgan fingerprint density at radius 2 is 1.52 bits per heavy atom. The van der Waals surface area contributed by atoms with Crippen molar-refractivity contribution in [1.29, 1.82) is 0 Å². The normalized spacial score (nSPS) is 11.3. The Labute approximate surface area is 190 Å². The van der Waals surface area contributed by atoms with Crippen LogP contribution in [-0.2, 0) is 4.79 Å². The van der Waals surface area contributed by atoms with Crippen molar-refractivity contribution in [2.75, 3.05) is 5.32 Å². The first-order valence-electron chi connectivity index (χ1n) is 10.2. The van der Waals surface area contributed by atoms with E-state index in [-0.39, 0.29) is 11.7 Å². The molecule has 162 valence electrons. The van der Waals surface area contributed by atoms with E-state index >= 15 is 0 Å². The highest BCUT2D eigenvalue weighted by Crippen LogP contribution is 2.39. The Morgan fingerprint density at radius 1 is 0.818 bits per heavy atom. The zero-order valence-electron chi connectivity index (χ0n) is 17.9. The minimum Gasteiger partial charge on any atom is -0.508 e. The number of carbonyl (C=O) groups is 1. The van der Waals surface area contributed by atoms with Gasteiger partial charge in [0, 0.05) is 17.0 Å². The third kappa shape index (κ3) is 5.16. The van der Waals surface area contributed by atoms with Crippen LogP contribution in [0.4, 0.5) is 28.4 Å². The molecule has 4 aromatic rings. The Hall–Kier alpha value is -4.65. The van der Waals surface area contributed by atoms with Crippen molar-refractivity contribution in [1.82, 2.24) is 0 Å². The number of nitrogens with one attached hydrogen (secondary N) is 1. The molecule has 0 fully saturated rings. The van der Waals surface area contributed by atoms with Gasteiger partial charge in [-0.2, -0.15) is 5.11 Å². The van der Waals surface area contributed by atoms with Crippen molar-refractivity contribution in [3.63, 3.8) is 0 Å². The van der Waals surface area contributed by atoms with Crippen molar-refractivity contribution < 1.29 is 9.90 Å². The highest BCUT2D eigenvalue weighted by atomic mass is 16.3. The van der Waals surface area contributed by atoms with Crippen LogP contribution in [0.25, 0.3) is 10.8 Å². The Morgan fingerprint density at radius 3 is 2.30 bits per heavy atom. The fraction of sp³-hybridized carbons (Fsp3) is 0.0385. The SMILES string of the molecule is C=C(C)C(=O)Nc1cc(O)ccc1N=Nc1ccc2ccccc2c1N=Nc1ccccc1. The lowest BCUT2D eigenvalue weighted by atomic mass is 10.1. The smallest absolute Gasteiger partial charge is 0.250 e. The van der Waals surface area contributed by atoms with Gasteiger partial charge in [-0.25, -0.2) is 0 Å². The molecular formula is C26H21N5O2. The van der Waals surface area contributed by atoms with Gasteiger partial charge in [-0.15, -0.1) is 15.3 Å². The zero-order valence-corrected chi connectivity index (χ0v) is 17.9. The second-order valence-corrected chi connectivity index (χ2v) is 7.33. The molecule has 0 aliphatic carbocycles. The van der Waals surface area contributed by atoms with E-state index in [1.54, 1.807) is 13.0 Å². The van der Waals surface area contributed by atoms with Crippen LogP contribution >= 0.6 is 0 Å². The summed E-state index contributed by atoms with van der Waals surface area (Å²) in [6.07, 6.45) is 0. The molecule has 33 heavy (non-hydrogen) atoms. The van der Waals surface area contributed by atoms with E-state index < -0.39 is 0 Å². The third-order valence-corrected chi connectivity index (χ3v) is 4.78. The summed E-state index contributed by atoms with van der Waals surface area (Å²) in [5.74, 6) is -0.380. The van der Waals surface area contributed by atoms with Crippen LogP contribution < -0.4 is 5.32 Å². The quantitative estimate of drug-likeness (QED) is 0.238. The summed E-state index contributed by atoms with van der Waals surface area (Å²) in [4.78, 5) is 12.1. The van der Waals surface area contributed by atoms with Crippen LogP contribution in [0.5, 0.6) is 5.75 Å². The number of hydrogen-bond donors (Lipinski definition) is 2. The monoisotopic (exact) mass is 435 g/mol. The van der Waals surface area contributed by atoms with Crippen LogP contribution in [0, 0.1) is 0 Å². The minimum atomic E-state index is -0.375. The number of rotatable bonds is 6. The van der Waals surface area contributed by atoms with Gasteiger partial charge in [0.2, 0.25) is 0 Å². The summed E-state index contributed by atoms with van der Waals surface area (Å²) >= 11 is 0. The Bertz CT molecular complexity index is 1390. The molecule has 0 saturated carbocycles. The van der Waals surface area contributed by atoms with Crippen molar-refractivity contribution in [3.05, 3.63) is 97.1 Å². The van der Waals surface area contributed by atoms with Crippen LogP contribution in [-0.4, -0.2) is 11.0 Å². The van der Waals surface area contributed by atoms with E-state index in [0.717, 1.165) is 16.5 Å². The first-order chi connectivity index (χ1) is 16.0. The summed E-state index contributed by atoms with van der Waals surface area (Å²) in [5.41, 5.74) is 2.84. The third-order valence-electron chi connectivity index (χ3n) is 4.78. The summed E-state index contributed by atoms with van der Waals surface area (Å²) in [6.45, 7) is 5.23. The molecule has 0 aliphatic rings. The van der Waals surface area contributed by atoms with Gasteiger partial charge in [0.15, 0.2) is 0 Å². The van der Waals surface area contributed by atoms with Gasteiger partial charge in [0.1, 0.15) is 22.8 Å². The molecule has 0 unspecified atom stereocenters. The molecule has 7 nitrogen and oxygen atoms in total. The molecular weight excluding hydrogens is 414 g/mol. The van der Waals surface area contributed by atoms with E-state index in [0.29, 0.717) is 28.3 Å². The highest BCUT2D eigenvalue weighted by molar-refractivity contribution is 6.04. The van der Waals surface area contributed by atoms with Crippen LogP contribution in [0.2, 0.25) is 0 Å². The average Bonchev–Trinajstić information content (AvgIpc) is 2.83. The van der Waals surface area contributed by atoms with Gasteiger partial charge in [0.25, 0.3) is 5.91 Å². The lowest BCUT2D eigenvalue weighted by Crippen LogP contribution is -2.11. The summed E-state index contributed by atoms with van der Waals surface area (Å²) in [7, 11) is 0. The number of amides is 1. The van der Waals surface area contributed by atoms with Gasteiger partial charge in [-0.05, 0) is 42.6 Å². The largest absolute Gasteiger partial charge is 0.508 e. The zero-order chi connectivity index (χ0) is 23.2. The summed E-state index contributed by atoms with van der Waals surface area (Å²) in [6, 6.07) is 25.5. The topological polar surface area (TPSA) is 98.8 Å². The number of benzene rings is 4. The van der Waals surface area contributed by atoms with E-state index in [1.165, 1.54) is 12.1 Å². The van der Waals surface area contributed by atoms with Gasteiger partial charge >= 0.3 is 0 Å². The molecule has 0 aliphatic heterocycles. The van der Waals surface area contributed by atoms with Gasteiger partial charge in [-0.1, -0.05) is 55.1 Å². The maximum atomic E-state index is 12.1. The second kappa shape index (κ2) is 9.65. The molecule has 0 aromatic heterocycles. The highest BCUT2D eigenvalue weighted by Gasteiger charge is 2.10. The molecule has 0 atom stereocenters. The molecule has 0 radical (unpaired) electrons. The molecule has 0 bridgehead atoms. The van der Waals surface area contributed by atoms with Gasteiger partial charge < -0.3 is 10.4 Å². The van der Waals surface area contributed by atoms with Crippen molar-refractivity contribution in [2.24, 2.45) is 20.5 Å². The molecule has 1 amide bonds. The number of aromatic hydroxyl groups is 1. The van der Waals surface area contributed by atoms with Crippen LogP contribution in [0.3, 0.4) is 0 Å². The van der Waals surface area contributed by atoms with E-state index in [2.05, 4.69) is 32.4 Å². The van der Waals surface area contributed by atoms with Crippen molar-refractivity contribution in [2.45, 2.75) is 6.92 Å². The molecule has 0 heterocycles. The number of hydrogen-bond acceptors (Lipinski definition) is 6. The van der Waals surface area contributed by atoms with Crippen molar-refractivity contribution in [3.8, 4) is 5.75 Å². The first kappa shape index (κ1) is 21.6. The molecule has 4 aromatic carbocycles. The fourth-order valence-corrected chi connectivity index (χ4v) is 3.08. The van der Waals surface area contributed by atoms with Gasteiger partial charge in [-0.3, -0.25) is 4.79 Å². The fourth-order valence-electron chi connectivity index (χ4n) is 3.08. The minimum absolute atomic E-state index is 0.00554. The number of nitrogens with zero attached hydrogens (tertiary/aromatic N) is 4. The molecule has 7 heteroatoms. The Balaban J connectivity index is 1.76. The standard InChI is InChI=1S/C26H21N5O2/c1-17(2)26(33)27-24-16-20(32)13-15-22(24)29-30-23-14-12-18-8-6-7-11-21(18)25(23)31-28-19-9-4-3-5-10-19/h3-16,32H,1H2,2H3,(H,27,33). The average molecular weight is 435 g/mol. The number of azo groups is 2. The first-order valence-corrected chi connectivity index (χ1v) is 10.2. The van der Waals surface area contributed by atoms with Crippen LogP contribution in [0.1, 0.15) is 6.92 Å². The lowest BCUT2D eigenvalue weighted by molar-refractivity contribution is -0.112. The molecule has 0 spiro atoms. The number of phenols is 1. The maximum Gasteiger partial charge on any atom is 0.250 e. The van der Waals surface area contributed by atoms with E-state index in [4.69, 9.17) is 0 Å². The number of carbonyl (C=O) groups excluding carboxylic acids is 1. The lowest BCUT2D eigenvalue weighted by Gasteiger charge is -2.08. The second-order valence-electron chi connectivity index (χ2n) is 7.33. The summed E-state index contributed by atoms with van der Waals surface area (Å²) in [5, 5.41) is 32.0. The van der Waals surface area contributed by atoms with Gasteiger partial charge in [0.05, 0.1) is 11.4 Å². The predicted molar refractivity (Wildman–Crippen MR) is 130 cm³/mol. The van der Waals surface area contributed by atoms with Crippen molar-refractivity contribution >= 4 is 45.1 Å². The van der Waals surface area contributed by atoms with E-state index in [1.807, 2.05) is 66.7 Å². The number of fused-ring (bicyclic) bond motifs is 1. The molecule has 4 rings (SSSR count). The summed E-state index contributed by atoms with van der Waals surface area (Å²) < 4.78 is 0. The van der Waals surface area contributed by atoms with E-state index in [9.17, 15) is 9.90 Å². The predicted octanol–water partition coefficient (Wildman–Crippen LogP) is 7.89. The number of phenolic OH excluding ortho intramolecular Hbond substituents is 1. The number of anilines is 1. The van der Waals surface area contributed by atoms with Crippen LogP contribution in [0.15, 0.2) is 118 Å². The molecule has 2 N–H and O–H groups in total. The molecule has 0 saturated heterocycles. The maximum absolute atomic E-state index is 12.1.